The van der Waals surface area contributed by atoms with Gasteiger partial charge in [-0.05, 0) is 99.8 Å². The van der Waals surface area contributed by atoms with Crippen molar-refractivity contribution in [2.75, 3.05) is 0 Å². The first-order chi connectivity index (χ1) is 16.3. The maximum atomic E-state index is 6.34. The molecule has 2 heteroatoms. The van der Waals surface area contributed by atoms with Crippen molar-refractivity contribution in [1.82, 2.24) is 0 Å². The molecule has 0 saturated heterocycles. The van der Waals surface area contributed by atoms with Crippen molar-refractivity contribution in [1.29, 1.82) is 0 Å². The lowest BCUT2D eigenvalue weighted by molar-refractivity contribution is 0.573. The van der Waals surface area contributed by atoms with Crippen LogP contribution in [0.25, 0.3) is 0 Å². The number of nitrogens with zero attached hydrogens (tertiary/aromatic N) is 1. The smallest absolute Gasteiger partial charge is 0.0972 e. The van der Waals surface area contributed by atoms with Gasteiger partial charge in [0.1, 0.15) is 0 Å². The zero-order chi connectivity index (χ0) is 24.7. The summed E-state index contributed by atoms with van der Waals surface area (Å²) in [5.74, 6) is 0.566. The Morgan fingerprint density at radius 3 is 2.50 bits per heavy atom. The normalized spacial score (nSPS) is 17.6. The molecule has 0 aromatic heterocycles. The van der Waals surface area contributed by atoms with Crippen molar-refractivity contribution in [3.8, 4) is 0 Å². The molecule has 0 aliphatic heterocycles. The predicted molar refractivity (Wildman–Crippen MR) is 149 cm³/mol. The lowest BCUT2D eigenvalue weighted by Crippen LogP contribution is -2.18. The van der Waals surface area contributed by atoms with Crippen LogP contribution in [0.5, 0.6) is 0 Å². The highest BCUT2D eigenvalue weighted by Gasteiger charge is 2.22. The second kappa shape index (κ2) is 12.3. The van der Waals surface area contributed by atoms with Gasteiger partial charge >= 0.3 is 0 Å². The Morgan fingerprint density at radius 1 is 1.15 bits per heavy atom. The second-order valence-corrected chi connectivity index (χ2v) is 10.3. The Hall–Kier alpha value is -2.45. The third-order valence-corrected chi connectivity index (χ3v) is 7.59. The van der Waals surface area contributed by atoms with Crippen LogP contribution in [0, 0.1) is 12.8 Å². The van der Waals surface area contributed by atoms with E-state index in [1.54, 1.807) is 16.7 Å². The van der Waals surface area contributed by atoms with E-state index in [0.29, 0.717) is 5.92 Å². The van der Waals surface area contributed by atoms with Crippen LogP contribution in [0.1, 0.15) is 89.7 Å². The summed E-state index contributed by atoms with van der Waals surface area (Å²) >= 11 is 0. The van der Waals surface area contributed by atoms with Crippen LogP contribution in [0.4, 0.5) is 0 Å². The molecular weight excluding hydrogens is 412 g/mol. The van der Waals surface area contributed by atoms with Gasteiger partial charge < -0.3 is 5.73 Å². The van der Waals surface area contributed by atoms with Gasteiger partial charge in [0, 0.05) is 6.21 Å². The molecule has 3 rings (SSSR count). The third kappa shape index (κ3) is 6.79. The summed E-state index contributed by atoms with van der Waals surface area (Å²) in [5, 5.41) is 0. The van der Waals surface area contributed by atoms with E-state index in [1.165, 1.54) is 53.5 Å². The molecular formula is C32H44N2. The highest BCUT2D eigenvalue weighted by molar-refractivity contribution is 5.81. The maximum Gasteiger partial charge on any atom is 0.0972 e. The summed E-state index contributed by atoms with van der Waals surface area (Å²) in [6, 6.07) is 8.28. The number of rotatable bonds is 12. The third-order valence-electron chi connectivity index (χ3n) is 7.59. The Balaban J connectivity index is 1.58. The van der Waals surface area contributed by atoms with Crippen molar-refractivity contribution in [2.45, 2.75) is 91.6 Å². The van der Waals surface area contributed by atoms with Crippen LogP contribution in [0.2, 0.25) is 0 Å². The summed E-state index contributed by atoms with van der Waals surface area (Å²) in [5.41, 5.74) is 18.9. The maximum absolute atomic E-state index is 6.34. The molecule has 2 aliphatic rings. The van der Waals surface area contributed by atoms with Gasteiger partial charge in [-0.15, -0.1) is 0 Å². The second-order valence-electron chi connectivity index (χ2n) is 10.3. The molecule has 0 radical (unpaired) electrons. The molecule has 1 aromatic rings. The van der Waals surface area contributed by atoms with E-state index >= 15 is 0 Å². The fraction of sp³-hybridized carbons (Fsp3) is 0.469. The van der Waals surface area contributed by atoms with Crippen molar-refractivity contribution in [2.24, 2.45) is 16.6 Å². The molecule has 2 N–H and O–H groups in total. The first-order valence-electron chi connectivity index (χ1n) is 13.1. The first-order valence-corrected chi connectivity index (χ1v) is 13.1. The molecule has 0 spiro atoms. The minimum absolute atomic E-state index is 0.191. The number of aliphatic imine (C=N–C) groups is 1. The summed E-state index contributed by atoms with van der Waals surface area (Å²) in [4.78, 5) is 4.61. The lowest BCUT2D eigenvalue weighted by Gasteiger charge is -2.26. The summed E-state index contributed by atoms with van der Waals surface area (Å²) in [6.45, 7) is 17.7. The Morgan fingerprint density at radius 2 is 1.88 bits per heavy atom. The van der Waals surface area contributed by atoms with E-state index < -0.39 is 0 Å². The van der Waals surface area contributed by atoms with Crippen LogP contribution in [0.15, 0.2) is 87.5 Å². The predicted octanol–water partition coefficient (Wildman–Crippen LogP) is 8.54. The van der Waals surface area contributed by atoms with Crippen LogP contribution < -0.4 is 5.73 Å². The van der Waals surface area contributed by atoms with E-state index in [1.807, 2.05) is 12.3 Å². The lowest BCUT2D eigenvalue weighted by atomic mass is 9.80. The Bertz CT molecular complexity index is 1020. The molecule has 2 atom stereocenters. The Kier molecular flexibility index (Phi) is 9.47. The molecule has 0 amide bonds. The monoisotopic (exact) mass is 456 g/mol. The van der Waals surface area contributed by atoms with Gasteiger partial charge in [-0.25, -0.2) is 0 Å². The SMILES string of the molecule is C=C(C)C1=C(C(C)CCC(C(=C)CCC(N)N=Cc2ccccc2C)=C2CCC2)CC(CC)=C1. The zero-order valence-corrected chi connectivity index (χ0v) is 21.9. The van der Waals surface area contributed by atoms with Crippen LogP contribution in [-0.4, -0.2) is 12.4 Å². The van der Waals surface area contributed by atoms with Gasteiger partial charge in [0.25, 0.3) is 0 Å². The Labute approximate surface area is 208 Å². The average molecular weight is 457 g/mol. The number of allylic oxidation sites excluding steroid dienone is 8. The highest BCUT2D eigenvalue weighted by atomic mass is 14.9. The topological polar surface area (TPSA) is 38.4 Å². The quantitative estimate of drug-likeness (QED) is 0.314. The van der Waals surface area contributed by atoms with Crippen molar-refractivity contribution < 1.29 is 0 Å². The molecule has 182 valence electrons. The van der Waals surface area contributed by atoms with Gasteiger partial charge in [0.05, 0.1) is 6.17 Å². The van der Waals surface area contributed by atoms with E-state index in [2.05, 4.69) is 70.1 Å². The minimum atomic E-state index is -0.191. The minimum Gasteiger partial charge on any atom is -0.310 e. The van der Waals surface area contributed by atoms with Crippen molar-refractivity contribution >= 4 is 6.21 Å². The molecule has 1 aromatic carbocycles. The fourth-order valence-electron chi connectivity index (χ4n) is 5.00. The molecule has 1 fully saturated rings. The number of hydrogen-bond acceptors (Lipinski definition) is 2. The van der Waals surface area contributed by atoms with Gasteiger partial charge in [0.2, 0.25) is 0 Å². The fourth-order valence-corrected chi connectivity index (χ4v) is 5.00. The number of benzene rings is 1. The highest BCUT2D eigenvalue weighted by Crippen LogP contribution is 2.40. The van der Waals surface area contributed by atoms with Gasteiger partial charge in [0.15, 0.2) is 0 Å². The van der Waals surface area contributed by atoms with Crippen molar-refractivity contribution in [3.63, 3.8) is 0 Å². The molecule has 2 aliphatic carbocycles. The van der Waals surface area contributed by atoms with Gasteiger partial charge in [-0.2, -0.15) is 0 Å². The zero-order valence-electron chi connectivity index (χ0n) is 21.9. The van der Waals surface area contributed by atoms with E-state index in [4.69, 9.17) is 5.73 Å². The first kappa shape index (κ1) is 26.2. The summed E-state index contributed by atoms with van der Waals surface area (Å²) in [7, 11) is 0. The average Bonchev–Trinajstić information content (AvgIpc) is 3.23. The number of aryl methyl sites for hydroxylation is 1. The number of hydrogen-bond donors (Lipinski definition) is 1. The van der Waals surface area contributed by atoms with E-state index in [-0.39, 0.29) is 6.17 Å². The standard InChI is InChI=1S/C32H44N2/c1-7-26-19-30(22(2)3)31(20-26)25(6)15-17-29(27-13-10-14-27)24(5)16-18-32(33)34-21-28-12-9-8-11-23(28)4/h8-9,11-12,19,21,25,32H,2,5,7,10,13-18,20,33H2,1,3-4,6H3. The molecule has 2 nitrogen and oxygen atoms in total. The van der Waals surface area contributed by atoms with Crippen LogP contribution >= 0.6 is 0 Å². The van der Waals surface area contributed by atoms with Crippen molar-refractivity contribution in [3.05, 3.63) is 93.6 Å². The van der Waals surface area contributed by atoms with Gasteiger partial charge in [-0.1, -0.05) is 85.2 Å². The summed E-state index contributed by atoms with van der Waals surface area (Å²) in [6.07, 6.45) is 14.2. The molecule has 0 heterocycles. The van der Waals surface area contributed by atoms with Crippen LogP contribution in [-0.2, 0) is 0 Å². The summed E-state index contributed by atoms with van der Waals surface area (Å²) < 4.78 is 0. The molecule has 1 saturated carbocycles. The molecule has 2 unspecified atom stereocenters. The van der Waals surface area contributed by atoms with E-state index in [0.717, 1.165) is 37.7 Å². The molecule has 0 bridgehead atoms. The number of nitrogens with two attached hydrogens (primary N) is 1. The van der Waals surface area contributed by atoms with Gasteiger partial charge in [-0.3, -0.25) is 4.99 Å². The van der Waals surface area contributed by atoms with E-state index in [9.17, 15) is 0 Å². The molecule has 34 heavy (non-hydrogen) atoms. The van der Waals surface area contributed by atoms with Crippen LogP contribution in [0.3, 0.4) is 0 Å². The largest absolute Gasteiger partial charge is 0.310 e.